The van der Waals surface area contributed by atoms with Gasteiger partial charge in [0.05, 0.1) is 5.56 Å². The monoisotopic (exact) mass is 273 g/mol. The van der Waals surface area contributed by atoms with Gasteiger partial charge in [0.2, 0.25) is 0 Å². The minimum atomic E-state index is -0.115. The molecule has 0 fully saturated rings. The third-order valence-corrected chi connectivity index (χ3v) is 2.88. The Morgan fingerprint density at radius 3 is 2.52 bits per heavy atom. The average Bonchev–Trinajstić information content (AvgIpc) is 3.03. The Kier molecular flexibility index (Phi) is 3.57. The highest BCUT2D eigenvalue weighted by Gasteiger charge is 2.10. The van der Waals surface area contributed by atoms with E-state index < -0.39 is 0 Å². The molecule has 0 aliphatic carbocycles. The van der Waals surface area contributed by atoms with Crippen LogP contribution in [-0.2, 0) is 0 Å². The number of hydrogen-bond acceptors (Lipinski definition) is 3. The molecule has 1 aromatic carbocycles. The lowest BCUT2D eigenvalue weighted by Crippen LogP contribution is -2.01. The summed E-state index contributed by atoms with van der Waals surface area (Å²) in [6.07, 6.45) is 7.86. The summed E-state index contributed by atoms with van der Waals surface area (Å²) in [5.74, 6) is 2.91. The van der Waals surface area contributed by atoms with Crippen molar-refractivity contribution in [2.24, 2.45) is 0 Å². The molecule has 0 saturated heterocycles. The zero-order valence-electron chi connectivity index (χ0n) is 11.1. The van der Waals surface area contributed by atoms with E-state index >= 15 is 0 Å². The number of carbonyl (C=O) groups is 1. The van der Waals surface area contributed by atoms with E-state index in [-0.39, 0.29) is 5.78 Å². The summed E-state index contributed by atoms with van der Waals surface area (Å²) >= 11 is 0. The van der Waals surface area contributed by atoms with Crippen molar-refractivity contribution < 1.29 is 4.79 Å². The van der Waals surface area contributed by atoms with Gasteiger partial charge in [-0.05, 0) is 24.1 Å². The van der Waals surface area contributed by atoms with Gasteiger partial charge in [-0.25, -0.2) is 9.97 Å². The second kappa shape index (κ2) is 5.85. The lowest BCUT2D eigenvalue weighted by molar-refractivity contribution is 0.103. The van der Waals surface area contributed by atoms with Crippen molar-refractivity contribution in [3.63, 3.8) is 0 Å². The van der Waals surface area contributed by atoms with Crippen molar-refractivity contribution in [2.75, 3.05) is 0 Å². The molecular formula is C17H11N3O. The molecule has 0 unspecified atom stereocenters. The van der Waals surface area contributed by atoms with Crippen molar-refractivity contribution in [3.05, 3.63) is 84.2 Å². The zero-order chi connectivity index (χ0) is 14.5. The summed E-state index contributed by atoms with van der Waals surface area (Å²) < 4.78 is 1.67. The third-order valence-electron chi connectivity index (χ3n) is 2.88. The molecule has 21 heavy (non-hydrogen) atoms. The van der Waals surface area contributed by atoms with Crippen molar-refractivity contribution in [3.8, 4) is 12.0 Å². The maximum atomic E-state index is 12.2. The summed E-state index contributed by atoms with van der Waals surface area (Å²) in [6.45, 7) is 0. The van der Waals surface area contributed by atoms with Gasteiger partial charge in [0.15, 0.2) is 5.78 Å². The number of rotatable bonds is 2. The fourth-order valence-corrected chi connectivity index (χ4v) is 1.83. The highest BCUT2D eigenvalue weighted by Crippen LogP contribution is 2.08. The van der Waals surface area contributed by atoms with Crippen LogP contribution in [0.3, 0.4) is 0 Å². The van der Waals surface area contributed by atoms with Gasteiger partial charge in [-0.1, -0.05) is 18.2 Å². The second-order valence-corrected chi connectivity index (χ2v) is 4.37. The van der Waals surface area contributed by atoms with E-state index in [9.17, 15) is 4.79 Å². The largest absolute Gasteiger partial charge is 0.288 e. The van der Waals surface area contributed by atoms with E-state index in [1.807, 2.05) is 30.3 Å². The molecule has 0 N–H and O–H groups in total. The molecule has 0 radical (unpaired) electrons. The summed E-state index contributed by atoms with van der Waals surface area (Å²) in [7, 11) is 0. The topological polar surface area (TPSA) is 47.8 Å². The van der Waals surface area contributed by atoms with Gasteiger partial charge in [-0.15, -0.1) is 0 Å². The van der Waals surface area contributed by atoms with Gasteiger partial charge in [-0.3, -0.25) is 9.36 Å². The molecule has 3 rings (SSSR count). The fraction of sp³-hybridized carbons (Fsp3) is 0. The first-order chi connectivity index (χ1) is 10.3. The Hall–Kier alpha value is -3.19. The highest BCUT2D eigenvalue weighted by molar-refractivity contribution is 6.08. The molecule has 2 aromatic heterocycles. The molecule has 0 spiro atoms. The maximum Gasteiger partial charge on any atom is 0.197 e. The van der Waals surface area contributed by atoms with Crippen LogP contribution in [-0.4, -0.2) is 20.3 Å². The van der Waals surface area contributed by atoms with Gasteiger partial charge < -0.3 is 0 Å². The van der Waals surface area contributed by atoms with Gasteiger partial charge in [0.1, 0.15) is 6.33 Å². The molecule has 0 aliphatic heterocycles. The van der Waals surface area contributed by atoms with Crippen molar-refractivity contribution in [1.29, 1.82) is 0 Å². The predicted molar refractivity (Wildman–Crippen MR) is 78.6 cm³/mol. The predicted octanol–water partition coefficient (Wildman–Crippen LogP) is 2.37. The summed E-state index contributed by atoms with van der Waals surface area (Å²) in [5.41, 5.74) is 1.95. The molecule has 100 valence electrons. The number of hydrogen-bond donors (Lipinski definition) is 0. The zero-order valence-corrected chi connectivity index (χ0v) is 11.1. The number of nitrogens with zero attached hydrogens (tertiary/aromatic N) is 3. The van der Waals surface area contributed by atoms with Crippen LogP contribution in [0.2, 0.25) is 0 Å². The number of benzene rings is 1. The average molecular weight is 273 g/mol. The Morgan fingerprint density at radius 1 is 1.00 bits per heavy atom. The first-order valence-corrected chi connectivity index (χ1v) is 6.38. The normalized spacial score (nSPS) is 9.71. The summed E-state index contributed by atoms with van der Waals surface area (Å²) in [6, 6.07) is 14.4. The van der Waals surface area contributed by atoms with Crippen LogP contribution >= 0.6 is 0 Å². The van der Waals surface area contributed by atoms with Crippen molar-refractivity contribution in [1.82, 2.24) is 14.5 Å². The van der Waals surface area contributed by atoms with Crippen LogP contribution in [0.1, 0.15) is 21.5 Å². The van der Waals surface area contributed by atoms with E-state index in [0.717, 1.165) is 5.56 Å². The Balaban J connectivity index is 1.82. The second-order valence-electron chi connectivity index (χ2n) is 4.37. The van der Waals surface area contributed by atoms with E-state index in [1.165, 1.54) is 18.7 Å². The summed E-state index contributed by atoms with van der Waals surface area (Å²) in [4.78, 5) is 19.9. The highest BCUT2D eigenvalue weighted by atomic mass is 16.1. The molecule has 4 nitrogen and oxygen atoms in total. The fourth-order valence-electron chi connectivity index (χ4n) is 1.83. The Bertz CT molecular complexity index is 811. The smallest absolute Gasteiger partial charge is 0.197 e. The van der Waals surface area contributed by atoms with E-state index in [0.29, 0.717) is 11.1 Å². The summed E-state index contributed by atoms with van der Waals surface area (Å²) in [5, 5.41) is 0. The molecule has 2 heterocycles. The molecule has 0 atom stereocenters. The molecule has 3 aromatic rings. The Labute approximate surface area is 122 Å². The van der Waals surface area contributed by atoms with E-state index in [2.05, 4.69) is 21.9 Å². The standard InChI is InChI=1S/C17H11N3O/c21-17(16-10-18-13-19-11-16)15-7-9-20(12-15)8-6-14-4-2-1-3-5-14/h1-5,7,9-13H. The van der Waals surface area contributed by atoms with Crippen LogP contribution < -0.4 is 0 Å². The minimum Gasteiger partial charge on any atom is -0.288 e. The first kappa shape index (κ1) is 12.8. The number of carbonyl (C=O) groups excluding carboxylic acids is 1. The van der Waals surface area contributed by atoms with E-state index in [4.69, 9.17) is 0 Å². The third kappa shape index (κ3) is 3.04. The lowest BCUT2D eigenvalue weighted by Gasteiger charge is -1.95. The van der Waals surface area contributed by atoms with Gasteiger partial charge >= 0.3 is 0 Å². The van der Waals surface area contributed by atoms with Crippen LogP contribution in [0.25, 0.3) is 0 Å². The van der Waals surface area contributed by atoms with Crippen molar-refractivity contribution >= 4 is 5.78 Å². The number of ketones is 1. The lowest BCUT2D eigenvalue weighted by atomic mass is 10.1. The van der Waals surface area contributed by atoms with Crippen LogP contribution in [0.15, 0.2) is 67.5 Å². The number of aromatic nitrogens is 3. The maximum absolute atomic E-state index is 12.2. The van der Waals surface area contributed by atoms with Gasteiger partial charge in [0.25, 0.3) is 0 Å². The SMILES string of the molecule is O=C(c1cncnc1)c1ccn(C#Cc2ccccc2)c1. The molecular weight excluding hydrogens is 262 g/mol. The van der Waals surface area contributed by atoms with E-state index in [1.54, 1.807) is 23.0 Å². The van der Waals surface area contributed by atoms with Gasteiger partial charge in [0, 0.05) is 42.0 Å². The Morgan fingerprint density at radius 2 is 1.76 bits per heavy atom. The molecule has 0 amide bonds. The van der Waals surface area contributed by atoms with Gasteiger partial charge in [-0.2, -0.15) is 0 Å². The molecule has 0 aliphatic rings. The first-order valence-electron chi connectivity index (χ1n) is 6.38. The molecule has 0 bridgehead atoms. The molecule has 0 saturated carbocycles. The van der Waals surface area contributed by atoms with Crippen LogP contribution in [0, 0.1) is 12.0 Å². The van der Waals surface area contributed by atoms with Crippen molar-refractivity contribution in [2.45, 2.75) is 0 Å². The van der Waals surface area contributed by atoms with Crippen LogP contribution in [0.5, 0.6) is 0 Å². The van der Waals surface area contributed by atoms with Crippen LogP contribution in [0.4, 0.5) is 0 Å². The molecule has 4 heteroatoms. The quantitative estimate of drug-likeness (QED) is 0.532. The minimum absolute atomic E-state index is 0.115.